The maximum absolute atomic E-state index is 7.25. The van der Waals surface area contributed by atoms with Gasteiger partial charge in [0.2, 0.25) is 0 Å². The lowest BCUT2D eigenvalue weighted by Gasteiger charge is -2.53. The standard InChI is InChI=1S/C70H140N14O28/c1-85-50-43-36(29-78-22-15-71)99-64(57(50)92-8)107-44-37(30-79-23-16-72)101-66(59(94-10)51(44)86-2)109-46-39(32-81-25-18-74)103-68(61(96-12)53(46)88-4)111-48-41(34-83-27-20-76)105-70(63(98-14)55(48)90-6)112-49-42(35-84-28-21-77)104-69(62(97-13)56(49)91-7)110-47-40(33-82-26-19-75)102-67(60(95-11)54(47)89-5)108-45-38(31-80-24-17-73)100-65(106-43)58(93-9)52(45)87-3/h36-70,78-84H,15-35,71-77H2,1-14H3/t36-,37-,38-,39-,40-,41-,42-,43-,44-,45-,46-,47-,48-,49-,50+,51+,52+,53+,54+,55+,56+,57-,58-,59-,60-,61-,62-,63-,64-,65-,66-,67-,68-,69-,70?/m1/s1. The molecule has 21 saturated heterocycles. The fourth-order valence-electron chi connectivity index (χ4n) is 16.3. The van der Waals surface area contributed by atoms with Crippen LogP contribution in [0.5, 0.6) is 0 Å². The molecule has 21 fully saturated rings. The Hall–Kier alpha value is -1.68. The first-order valence-electron chi connectivity index (χ1n) is 39.1. The fourth-order valence-corrected chi connectivity index (χ4v) is 16.3. The van der Waals surface area contributed by atoms with Gasteiger partial charge in [0.05, 0.1) is 0 Å². The molecule has 0 aromatic carbocycles. The van der Waals surface area contributed by atoms with E-state index in [2.05, 4.69) is 37.2 Å². The molecule has 42 nitrogen and oxygen atoms in total. The molecule has 14 bridgehead atoms. The Bertz CT molecular complexity index is 2050. The number of hydrogen-bond acceptors (Lipinski definition) is 42. The zero-order valence-corrected chi connectivity index (χ0v) is 68.0. The number of nitrogens with one attached hydrogen (secondary N) is 7. The molecule has 112 heavy (non-hydrogen) atoms. The maximum atomic E-state index is 7.25. The lowest BCUT2D eigenvalue weighted by molar-refractivity contribution is -0.397. The van der Waals surface area contributed by atoms with Crippen LogP contribution in [0.15, 0.2) is 0 Å². The van der Waals surface area contributed by atoms with Crippen LogP contribution in [0.3, 0.4) is 0 Å². The van der Waals surface area contributed by atoms with Gasteiger partial charge in [0.25, 0.3) is 0 Å². The van der Waals surface area contributed by atoms with Gasteiger partial charge < -0.3 is 210 Å². The zero-order chi connectivity index (χ0) is 80.8. The summed E-state index contributed by atoms with van der Waals surface area (Å²) in [6.45, 7) is 6.01. The van der Waals surface area contributed by atoms with Crippen LogP contribution in [0.4, 0.5) is 0 Å². The minimum absolute atomic E-state index is 0.162. The summed E-state index contributed by atoms with van der Waals surface area (Å²) in [5.41, 5.74) is 42.9. The first kappa shape index (κ1) is 95.8. The molecule has 21 aliphatic heterocycles. The normalized spacial score (nSPS) is 41.8. The largest absolute Gasteiger partial charge is 0.376 e. The van der Waals surface area contributed by atoms with E-state index in [1.54, 1.807) is 49.8 Å². The molecule has 0 saturated carbocycles. The third kappa shape index (κ3) is 23.7. The maximum Gasteiger partial charge on any atom is 0.187 e. The van der Waals surface area contributed by atoms with E-state index >= 15 is 0 Å². The van der Waals surface area contributed by atoms with Crippen molar-refractivity contribution in [3.8, 4) is 0 Å². The second-order valence-electron chi connectivity index (χ2n) is 28.3. The van der Waals surface area contributed by atoms with Crippen molar-refractivity contribution < 1.29 is 133 Å². The van der Waals surface area contributed by atoms with E-state index in [-0.39, 0.29) is 45.8 Å². The highest BCUT2D eigenvalue weighted by Crippen LogP contribution is 2.43. The van der Waals surface area contributed by atoms with E-state index < -0.39 is 215 Å². The molecule has 0 radical (unpaired) electrons. The van der Waals surface area contributed by atoms with E-state index in [1.807, 2.05) is 0 Å². The van der Waals surface area contributed by atoms with Crippen molar-refractivity contribution in [3.05, 3.63) is 0 Å². The van der Waals surface area contributed by atoms with Gasteiger partial charge in [-0.2, -0.15) is 0 Å². The summed E-state index contributed by atoms with van der Waals surface area (Å²) >= 11 is 0. The SMILES string of the molecule is CO[C@@H]1[C@@H](OC)[C@H]2O[C@H]3[C@H](OC)[C@@H](OC)[C@@H](O[C@H]4[C@H](OC)[C@@H](OC)[C@@H](O[C@H]5[C@H](OC)[C@@H](OC)[C@@H](O[C@H]6[C@H](OC)[C@@H](OC)[C@@H](O[C@H]7[C@H](OC)[C@@H](OC)[C@@H](O[C@H]8[C@H](OC)[C@@H](OC)C(O[C@@H]1[C@@H](CNCCN)O2)O[C@@H]8CNCCN)O[C@@H]7CNCCN)O[C@@H]6CNCCN)O[C@@H]5CNCCN)O[C@@H]4CNCCN)O[C@@H]3CNCCN. The summed E-state index contributed by atoms with van der Waals surface area (Å²) in [6, 6.07) is 0. The number of rotatable bonds is 42. The number of nitrogens with two attached hydrogens (primary N) is 7. The highest BCUT2D eigenvalue weighted by molar-refractivity contribution is 5.05. The van der Waals surface area contributed by atoms with Crippen LogP contribution in [-0.2, 0) is 133 Å². The van der Waals surface area contributed by atoms with E-state index in [0.29, 0.717) is 91.6 Å². The van der Waals surface area contributed by atoms with Gasteiger partial charge in [0, 0.05) is 237 Å². The van der Waals surface area contributed by atoms with Gasteiger partial charge in [0.1, 0.15) is 171 Å². The van der Waals surface area contributed by atoms with Crippen molar-refractivity contribution in [1.29, 1.82) is 0 Å². The monoisotopic (exact) mass is 1620 g/mol. The predicted molar refractivity (Wildman–Crippen MR) is 399 cm³/mol. The molecule has 0 aliphatic carbocycles. The van der Waals surface area contributed by atoms with Crippen LogP contribution in [0, 0.1) is 0 Å². The first-order valence-corrected chi connectivity index (χ1v) is 39.1. The second kappa shape index (κ2) is 50.5. The van der Waals surface area contributed by atoms with Gasteiger partial charge in [-0.3, -0.25) is 0 Å². The molecule has 1 unspecified atom stereocenters. The Morgan fingerprint density at radius 2 is 0.277 bits per heavy atom. The summed E-state index contributed by atoms with van der Waals surface area (Å²) in [6.07, 6.45) is -35.6. The summed E-state index contributed by atoms with van der Waals surface area (Å²) in [4.78, 5) is 0. The molecule has 21 heterocycles. The van der Waals surface area contributed by atoms with Gasteiger partial charge in [-0.15, -0.1) is 0 Å². The predicted octanol–water partition coefficient (Wildman–Crippen LogP) is -9.18. The molecule has 21 rings (SSSR count). The number of methoxy groups -OCH3 is 14. The minimum Gasteiger partial charge on any atom is -0.376 e. The average molecular weight is 1630 g/mol. The molecule has 35 atom stereocenters. The highest BCUT2D eigenvalue weighted by Gasteiger charge is 2.62. The Morgan fingerprint density at radius 1 is 0.170 bits per heavy atom. The topological polar surface area (TPSA) is 525 Å². The van der Waals surface area contributed by atoms with Crippen LogP contribution in [-0.4, -0.2) is 452 Å². The van der Waals surface area contributed by atoms with Crippen molar-refractivity contribution in [2.45, 2.75) is 215 Å². The molecule has 42 heteroatoms. The molecule has 0 aromatic heterocycles. The molecule has 658 valence electrons. The van der Waals surface area contributed by atoms with E-state index in [1.165, 1.54) is 49.8 Å². The third-order valence-electron chi connectivity index (χ3n) is 21.7. The van der Waals surface area contributed by atoms with Gasteiger partial charge in [0.15, 0.2) is 44.0 Å². The van der Waals surface area contributed by atoms with E-state index in [0.717, 1.165) is 0 Å². The summed E-state index contributed by atoms with van der Waals surface area (Å²) in [7, 11) is 21.5. The van der Waals surface area contributed by atoms with Crippen molar-refractivity contribution in [3.63, 3.8) is 0 Å². The second-order valence-corrected chi connectivity index (χ2v) is 28.3. The molecular formula is C70H140N14O28. The third-order valence-corrected chi connectivity index (χ3v) is 21.7. The molecule has 0 aromatic rings. The zero-order valence-electron chi connectivity index (χ0n) is 68.0. The average Bonchev–Trinajstić information content (AvgIpc) is 0.767. The van der Waals surface area contributed by atoms with Gasteiger partial charge >= 0.3 is 0 Å². The highest BCUT2D eigenvalue weighted by atomic mass is 16.8. The van der Waals surface area contributed by atoms with Crippen LogP contribution in [0.2, 0.25) is 0 Å². The smallest absolute Gasteiger partial charge is 0.187 e. The summed E-state index contributed by atoms with van der Waals surface area (Å²) in [5.74, 6) is 0. The number of ether oxygens (including phenoxy) is 28. The minimum atomic E-state index is -1.22. The molecular weight excluding hydrogens is 1480 g/mol. The van der Waals surface area contributed by atoms with Crippen LogP contribution in [0.25, 0.3) is 0 Å². The van der Waals surface area contributed by atoms with Crippen molar-refractivity contribution in [2.75, 3.05) is 237 Å². The van der Waals surface area contributed by atoms with Crippen molar-refractivity contribution in [2.24, 2.45) is 40.1 Å². The van der Waals surface area contributed by atoms with Crippen molar-refractivity contribution in [1.82, 2.24) is 37.2 Å². The summed E-state index contributed by atoms with van der Waals surface area (Å²) < 4.78 is 191. The fraction of sp³-hybridized carbons (Fsp3) is 1.00. The first-order chi connectivity index (χ1) is 54.7. The van der Waals surface area contributed by atoms with Gasteiger partial charge in [-0.25, -0.2) is 0 Å². The lowest BCUT2D eigenvalue weighted by atomic mass is 9.94. The number of hydrogen-bond donors (Lipinski definition) is 14. The van der Waals surface area contributed by atoms with Crippen LogP contribution in [0.1, 0.15) is 0 Å². The summed E-state index contributed by atoms with van der Waals surface area (Å²) in [5, 5.41) is 23.9. The quantitative estimate of drug-likeness (QED) is 0.0252. The van der Waals surface area contributed by atoms with Crippen LogP contribution >= 0.6 is 0 Å². The Balaban J connectivity index is 1.29. The molecule has 0 amide bonds. The Kier molecular flexibility index (Phi) is 43.2. The Labute approximate surface area is 659 Å². The van der Waals surface area contributed by atoms with E-state index in [4.69, 9.17) is 173 Å². The molecule has 21 N–H and O–H groups in total. The lowest BCUT2D eigenvalue weighted by Crippen LogP contribution is -2.70. The van der Waals surface area contributed by atoms with E-state index in [9.17, 15) is 0 Å². The Morgan fingerprint density at radius 3 is 0.366 bits per heavy atom. The van der Waals surface area contributed by atoms with Gasteiger partial charge in [-0.1, -0.05) is 0 Å². The van der Waals surface area contributed by atoms with Crippen molar-refractivity contribution >= 4 is 0 Å². The molecule has 21 aliphatic rings. The molecule has 0 spiro atoms. The van der Waals surface area contributed by atoms with Gasteiger partial charge in [-0.05, 0) is 0 Å². The van der Waals surface area contributed by atoms with Crippen LogP contribution < -0.4 is 77.4 Å².